The van der Waals surface area contributed by atoms with Gasteiger partial charge in [-0.05, 0) is 28.7 Å². The zero-order valence-electron chi connectivity index (χ0n) is 6.74. The Morgan fingerprint density at radius 2 is 2.23 bits per heavy atom. The molecular weight excluding hydrogens is 285 g/mol. The van der Waals surface area contributed by atoms with E-state index < -0.39 is 5.97 Å². The molecule has 0 atom stereocenters. The second-order valence-electron chi connectivity index (χ2n) is 2.52. The van der Waals surface area contributed by atoms with Gasteiger partial charge in [-0.1, -0.05) is 0 Å². The first kappa shape index (κ1) is 10.2. The number of carboxylic acids is 1. The van der Waals surface area contributed by atoms with Gasteiger partial charge in [0.1, 0.15) is 0 Å². The molecule has 0 aliphatic carbocycles. The van der Waals surface area contributed by atoms with Crippen molar-refractivity contribution >= 4 is 28.6 Å². The van der Waals surface area contributed by atoms with Crippen LogP contribution in [-0.4, -0.2) is 15.6 Å². The van der Waals surface area contributed by atoms with Crippen molar-refractivity contribution in [3.05, 3.63) is 32.3 Å². The summed E-state index contributed by atoms with van der Waals surface area (Å²) in [6.07, 6.45) is 1.62. The number of hydrogen-bond donors (Lipinski definition) is 1. The minimum Gasteiger partial charge on any atom is -0.481 e. The highest BCUT2D eigenvalue weighted by atomic mass is 127. The minimum absolute atomic E-state index is 0.0278. The zero-order chi connectivity index (χ0) is 9.84. The second kappa shape index (κ2) is 4.40. The number of carbonyl (C=O) groups is 1. The highest BCUT2D eigenvalue weighted by Gasteiger charge is 2.00. The van der Waals surface area contributed by atoms with Crippen LogP contribution in [0, 0.1) is 3.57 Å². The molecule has 1 aromatic rings. The first-order valence-corrected chi connectivity index (χ1v) is 4.75. The van der Waals surface area contributed by atoms with Gasteiger partial charge in [-0.25, -0.2) is 0 Å². The van der Waals surface area contributed by atoms with Crippen molar-refractivity contribution in [1.29, 1.82) is 0 Å². The summed E-state index contributed by atoms with van der Waals surface area (Å²) < 4.78 is 2.32. The molecule has 0 saturated heterocycles. The molecule has 0 fully saturated rings. The molecule has 0 unspecified atom stereocenters. The standard InChI is InChI=1S/C8H8INO3/c9-6-1-2-7(11)10(5-6)4-3-8(12)13/h1-2,5H,3-4H2,(H,12,13). The monoisotopic (exact) mass is 293 g/mol. The molecule has 1 rings (SSSR count). The summed E-state index contributed by atoms with van der Waals surface area (Å²) >= 11 is 2.07. The molecule has 1 heterocycles. The smallest absolute Gasteiger partial charge is 0.305 e. The Balaban J connectivity index is 2.82. The lowest BCUT2D eigenvalue weighted by molar-refractivity contribution is -0.137. The van der Waals surface area contributed by atoms with Gasteiger partial charge in [0, 0.05) is 22.4 Å². The number of aromatic nitrogens is 1. The Hall–Kier alpha value is -0.850. The van der Waals surface area contributed by atoms with Crippen LogP contribution in [0.15, 0.2) is 23.1 Å². The Morgan fingerprint density at radius 1 is 1.54 bits per heavy atom. The van der Waals surface area contributed by atoms with Crippen molar-refractivity contribution < 1.29 is 9.90 Å². The average Bonchev–Trinajstić information content (AvgIpc) is 2.06. The molecule has 70 valence electrons. The molecule has 0 spiro atoms. The molecule has 13 heavy (non-hydrogen) atoms. The van der Waals surface area contributed by atoms with Crippen LogP contribution in [0.1, 0.15) is 6.42 Å². The van der Waals surface area contributed by atoms with Crippen LogP contribution in [-0.2, 0) is 11.3 Å². The van der Waals surface area contributed by atoms with Crippen LogP contribution in [0.5, 0.6) is 0 Å². The third-order valence-corrected chi connectivity index (χ3v) is 2.15. The molecule has 0 aliphatic heterocycles. The van der Waals surface area contributed by atoms with Crippen molar-refractivity contribution in [1.82, 2.24) is 4.57 Å². The molecule has 0 amide bonds. The molecule has 0 aromatic carbocycles. The van der Waals surface area contributed by atoms with E-state index in [0.717, 1.165) is 3.57 Å². The number of aliphatic carboxylic acids is 1. The lowest BCUT2D eigenvalue weighted by Gasteiger charge is -2.02. The Bertz CT molecular complexity index is 372. The zero-order valence-corrected chi connectivity index (χ0v) is 8.89. The van der Waals surface area contributed by atoms with Crippen molar-refractivity contribution in [2.45, 2.75) is 13.0 Å². The normalized spacial score (nSPS) is 9.92. The summed E-state index contributed by atoms with van der Waals surface area (Å²) in [4.78, 5) is 21.4. The number of halogens is 1. The maximum atomic E-state index is 11.2. The van der Waals surface area contributed by atoms with Crippen LogP contribution in [0.4, 0.5) is 0 Å². The third-order valence-electron chi connectivity index (χ3n) is 1.51. The summed E-state index contributed by atoms with van der Waals surface area (Å²) in [7, 11) is 0. The summed E-state index contributed by atoms with van der Waals surface area (Å²) in [6.45, 7) is 0.227. The molecule has 0 radical (unpaired) electrons. The number of aryl methyl sites for hydroxylation is 1. The number of carboxylic acid groups (broad SMARTS) is 1. The van der Waals surface area contributed by atoms with Gasteiger partial charge in [-0.15, -0.1) is 0 Å². The van der Waals surface area contributed by atoms with Crippen molar-refractivity contribution in [3.63, 3.8) is 0 Å². The van der Waals surface area contributed by atoms with Gasteiger partial charge in [0.15, 0.2) is 0 Å². The lowest BCUT2D eigenvalue weighted by atomic mass is 10.4. The van der Waals surface area contributed by atoms with Gasteiger partial charge >= 0.3 is 5.97 Å². The van der Waals surface area contributed by atoms with Crippen LogP contribution < -0.4 is 5.56 Å². The first-order chi connectivity index (χ1) is 6.09. The Kier molecular flexibility index (Phi) is 3.47. The van der Waals surface area contributed by atoms with E-state index in [4.69, 9.17) is 5.11 Å². The van der Waals surface area contributed by atoms with Gasteiger partial charge < -0.3 is 9.67 Å². The van der Waals surface area contributed by atoms with Gasteiger partial charge in [0.25, 0.3) is 5.56 Å². The third kappa shape index (κ3) is 3.17. The maximum absolute atomic E-state index is 11.2. The molecular formula is C8H8INO3. The fourth-order valence-electron chi connectivity index (χ4n) is 0.893. The maximum Gasteiger partial charge on any atom is 0.305 e. The minimum atomic E-state index is -0.897. The number of nitrogens with zero attached hydrogens (tertiary/aromatic N) is 1. The number of hydrogen-bond acceptors (Lipinski definition) is 2. The van der Waals surface area contributed by atoms with Gasteiger partial charge in [-0.3, -0.25) is 9.59 Å². The van der Waals surface area contributed by atoms with E-state index in [9.17, 15) is 9.59 Å². The molecule has 0 bridgehead atoms. The van der Waals surface area contributed by atoms with Gasteiger partial charge in [-0.2, -0.15) is 0 Å². The lowest BCUT2D eigenvalue weighted by Crippen LogP contribution is -2.20. The molecule has 0 saturated carbocycles. The number of pyridine rings is 1. The fraction of sp³-hybridized carbons (Fsp3) is 0.250. The fourth-order valence-corrected chi connectivity index (χ4v) is 1.41. The Morgan fingerprint density at radius 3 is 2.85 bits per heavy atom. The summed E-state index contributed by atoms with van der Waals surface area (Å²) in [6, 6.07) is 3.13. The molecule has 1 aromatic heterocycles. The first-order valence-electron chi connectivity index (χ1n) is 3.67. The van der Waals surface area contributed by atoms with Gasteiger partial charge in [0.05, 0.1) is 6.42 Å². The topological polar surface area (TPSA) is 59.3 Å². The van der Waals surface area contributed by atoms with E-state index in [2.05, 4.69) is 22.6 Å². The SMILES string of the molecule is O=C(O)CCn1cc(I)ccc1=O. The van der Waals surface area contributed by atoms with E-state index in [0.29, 0.717) is 0 Å². The van der Waals surface area contributed by atoms with Crippen LogP contribution in [0.2, 0.25) is 0 Å². The summed E-state index contributed by atoms with van der Waals surface area (Å²) in [5.41, 5.74) is -0.165. The predicted octanol–water partition coefficient (Wildman–Crippen LogP) is 0.928. The van der Waals surface area contributed by atoms with Crippen molar-refractivity contribution in [2.75, 3.05) is 0 Å². The van der Waals surface area contributed by atoms with Crippen molar-refractivity contribution in [2.24, 2.45) is 0 Å². The van der Waals surface area contributed by atoms with Crippen LogP contribution in [0.25, 0.3) is 0 Å². The highest BCUT2D eigenvalue weighted by Crippen LogP contribution is 2.00. The predicted molar refractivity (Wildman–Crippen MR) is 55.7 cm³/mol. The Labute approximate surface area is 88.3 Å². The van der Waals surface area contributed by atoms with E-state index >= 15 is 0 Å². The average molecular weight is 293 g/mol. The highest BCUT2D eigenvalue weighted by molar-refractivity contribution is 14.1. The largest absolute Gasteiger partial charge is 0.481 e. The van der Waals surface area contributed by atoms with E-state index in [-0.39, 0.29) is 18.5 Å². The molecule has 0 aliphatic rings. The summed E-state index contributed by atoms with van der Waals surface area (Å²) in [5.74, 6) is -0.897. The second-order valence-corrected chi connectivity index (χ2v) is 3.77. The van der Waals surface area contributed by atoms with Gasteiger partial charge in [0.2, 0.25) is 0 Å². The molecule has 4 nitrogen and oxygen atoms in total. The van der Waals surface area contributed by atoms with Crippen LogP contribution >= 0.6 is 22.6 Å². The van der Waals surface area contributed by atoms with Crippen molar-refractivity contribution in [3.8, 4) is 0 Å². The van der Waals surface area contributed by atoms with E-state index in [1.807, 2.05) is 0 Å². The van der Waals surface area contributed by atoms with E-state index in [1.54, 1.807) is 12.3 Å². The number of rotatable bonds is 3. The molecule has 1 N–H and O–H groups in total. The summed E-state index contributed by atoms with van der Waals surface area (Å²) in [5, 5.41) is 8.42. The quantitative estimate of drug-likeness (QED) is 0.843. The van der Waals surface area contributed by atoms with E-state index in [1.165, 1.54) is 10.6 Å². The molecule has 5 heteroatoms. The van der Waals surface area contributed by atoms with Crippen LogP contribution in [0.3, 0.4) is 0 Å².